The van der Waals surface area contributed by atoms with E-state index < -0.39 is 5.54 Å². The van der Waals surface area contributed by atoms with Crippen molar-refractivity contribution in [3.63, 3.8) is 0 Å². The van der Waals surface area contributed by atoms with Gasteiger partial charge in [-0.05, 0) is 39.3 Å². The van der Waals surface area contributed by atoms with Crippen molar-refractivity contribution in [3.8, 4) is 6.07 Å². The lowest BCUT2D eigenvalue weighted by molar-refractivity contribution is -0.0107. The van der Waals surface area contributed by atoms with E-state index in [1.165, 1.54) is 0 Å². The molecule has 3 nitrogen and oxygen atoms in total. The van der Waals surface area contributed by atoms with Crippen molar-refractivity contribution < 1.29 is 4.74 Å². The molecular formula is C17H26N2O. The highest BCUT2D eigenvalue weighted by Crippen LogP contribution is 2.25. The second-order valence-corrected chi connectivity index (χ2v) is 6.02. The van der Waals surface area contributed by atoms with Gasteiger partial charge in [0.15, 0.2) is 0 Å². The molecule has 0 heterocycles. The van der Waals surface area contributed by atoms with Crippen LogP contribution in [0.5, 0.6) is 0 Å². The predicted octanol–water partition coefficient (Wildman–Crippen LogP) is 3.61. The van der Waals surface area contributed by atoms with Gasteiger partial charge in [0, 0.05) is 6.42 Å². The molecule has 0 aliphatic heterocycles. The highest BCUT2D eigenvalue weighted by Gasteiger charge is 2.31. The first-order valence-electron chi connectivity index (χ1n) is 7.29. The van der Waals surface area contributed by atoms with Crippen molar-refractivity contribution in [2.75, 3.05) is 13.2 Å². The van der Waals surface area contributed by atoms with Crippen LogP contribution in [-0.4, -0.2) is 18.8 Å². The van der Waals surface area contributed by atoms with Gasteiger partial charge in [-0.1, -0.05) is 37.3 Å². The molecule has 0 fully saturated rings. The van der Waals surface area contributed by atoms with Crippen molar-refractivity contribution in [1.82, 2.24) is 5.32 Å². The first-order valence-corrected chi connectivity index (χ1v) is 7.29. The zero-order chi connectivity index (χ0) is 15.1. The SMILES string of the molecule is CCCNC(C#N)(CCOC(C)(C)C)c1ccccc1. The standard InChI is InChI=1S/C17H26N2O/c1-5-12-19-17(14-18,11-13-20-16(2,3)4)15-9-7-6-8-10-15/h6-10,19H,5,11-13H2,1-4H3. The Kier molecular flexibility index (Phi) is 6.19. The number of rotatable bonds is 7. The Morgan fingerprint density at radius 3 is 2.35 bits per heavy atom. The molecule has 1 aromatic carbocycles. The Labute approximate surface area is 123 Å². The van der Waals surface area contributed by atoms with Gasteiger partial charge in [-0.2, -0.15) is 5.26 Å². The van der Waals surface area contributed by atoms with Crippen LogP contribution in [0, 0.1) is 11.3 Å². The second-order valence-electron chi connectivity index (χ2n) is 6.02. The molecule has 0 aliphatic rings. The number of nitrogens with one attached hydrogen (secondary N) is 1. The molecule has 0 aliphatic carbocycles. The highest BCUT2D eigenvalue weighted by atomic mass is 16.5. The third kappa shape index (κ3) is 4.96. The van der Waals surface area contributed by atoms with E-state index >= 15 is 0 Å². The maximum Gasteiger partial charge on any atom is 0.134 e. The number of nitrogens with zero attached hydrogens (tertiary/aromatic N) is 1. The van der Waals surface area contributed by atoms with Gasteiger partial charge in [0.1, 0.15) is 5.54 Å². The Morgan fingerprint density at radius 1 is 1.20 bits per heavy atom. The lowest BCUT2D eigenvalue weighted by Crippen LogP contribution is -2.43. The molecule has 1 rings (SSSR count). The Morgan fingerprint density at radius 2 is 1.85 bits per heavy atom. The molecule has 0 saturated carbocycles. The van der Waals surface area contributed by atoms with Crippen molar-refractivity contribution in [3.05, 3.63) is 35.9 Å². The topological polar surface area (TPSA) is 45.0 Å². The summed E-state index contributed by atoms with van der Waals surface area (Å²) >= 11 is 0. The second kappa shape index (κ2) is 7.42. The molecule has 1 unspecified atom stereocenters. The summed E-state index contributed by atoms with van der Waals surface area (Å²) in [4.78, 5) is 0. The Balaban J connectivity index is 2.87. The molecule has 0 aromatic heterocycles. The summed E-state index contributed by atoms with van der Waals surface area (Å²) in [5.41, 5.74) is 0.166. The molecule has 3 heteroatoms. The van der Waals surface area contributed by atoms with Crippen molar-refractivity contribution in [2.24, 2.45) is 0 Å². The third-order valence-corrected chi connectivity index (χ3v) is 3.15. The minimum Gasteiger partial charge on any atom is -0.376 e. The fourth-order valence-corrected chi connectivity index (χ4v) is 2.07. The van der Waals surface area contributed by atoms with Crippen LogP contribution in [-0.2, 0) is 10.3 Å². The van der Waals surface area contributed by atoms with Crippen LogP contribution in [0.4, 0.5) is 0 Å². The van der Waals surface area contributed by atoms with Gasteiger partial charge in [-0.15, -0.1) is 0 Å². The smallest absolute Gasteiger partial charge is 0.134 e. The van der Waals surface area contributed by atoms with E-state index in [9.17, 15) is 5.26 Å². The number of nitriles is 1. The molecule has 0 saturated heterocycles. The van der Waals surface area contributed by atoms with Gasteiger partial charge in [-0.3, -0.25) is 5.32 Å². The summed E-state index contributed by atoms with van der Waals surface area (Å²) in [5.74, 6) is 0. The van der Waals surface area contributed by atoms with Crippen LogP contribution < -0.4 is 5.32 Å². The molecule has 0 spiro atoms. The van der Waals surface area contributed by atoms with E-state index in [1.807, 2.05) is 51.1 Å². The fraction of sp³-hybridized carbons (Fsp3) is 0.588. The summed E-state index contributed by atoms with van der Waals surface area (Å²) < 4.78 is 5.80. The lowest BCUT2D eigenvalue weighted by atomic mass is 9.88. The average molecular weight is 274 g/mol. The first kappa shape index (κ1) is 16.7. The Bertz CT molecular complexity index is 431. The zero-order valence-electron chi connectivity index (χ0n) is 13.1. The molecule has 0 amide bonds. The lowest BCUT2D eigenvalue weighted by Gasteiger charge is -2.30. The van der Waals surface area contributed by atoms with Crippen molar-refractivity contribution in [2.45, 2.75) is 51.7 Å². The van der Waals surface area contributed by atoms with Crippen molar-refractivity contribution >= 4 is 0 Å². The predicted molar refractivity (Wildman–Crippen MR) is 82.3 cm³/mol. The van der Waals surface area contributed by atoms with E-state index in [2.05, 4.69) is 18.3 Å². The van der Waals surface area contributed by atoms with Crippen LogP contribution in [0.3, 0.4) is 0 Å². The van der Waals surface area contributed by atoms with Gasteiger partial charge in [0.05, 0.1) is 18.3 Å². The van der Waals surface area contributed by atoms with Crippen LogP contribution in [0.1, 0.15) is 46.1 Å². The average Bonchev–Trinajstić information content (AvgIpc) is 2.42. The minimum atomic E-state index is -0.664. The molecule has 1 atom stereocenters. The third-order valence-electron chi connectivity index (χ3n) is 3.15. The van der Waals surface area contributed by atoms with Gasteiger partial charge < -0.3 is 4.74 Å². The molecule has 20 heavy (non-hydrogen) atoms. The molecule has 0 bridgehead atoms. The van der Waals surface area contributed by atoms with Gasteiger partial charge in [0.25, 0.3) is 0 Å². The van der Waals surface area contributed by atoms with E-state index in [-0.39, 0.29) is 5.60 Å². The number of hydrogen-bond donors (Lipinski definition) is 1. The monoisotopic (exact) mass is 274 g/mol. The quantitative estimate of drug-likeness (QED) is 0.826. The largest absolute Gasteiger partial charge is 0.376 e. The number of ether oxygens (including phenoxy) is 1. The van der Waals surface area contributed by atoms with E-state index in [0.29, 0.717) is 13.0 Å². The van der Waals surface area contributed by atoms with E-state index in [4.69, 9.17) is 4.74 Å². The van der Waals surface area contributed by atoms with Crippen molar-refractivity contribution in [1.29, 1.82) is 5.26 Å². The maximum atomic E-state index is 9.72. The maximum absolute atomic E-state index is 9.72. The number of benzene rings is 1. The van der Waals surface area contributed by atoms with Gasteiger partial charge in [0.2, 0.25) is 0 Å². The summed E-state index contributed by atoms with van der Waals surface area (Å²) in [6.45, 7) is 9.57. The van der Waals surface area contributed by atoms with Crippen LogP contribution in [0.2, 0.25) is 0 Å². The normalized spacial score (nSPS) is 14.6. The summed E-state index contributed by atoms with van der Waals surface area (Å²) in [6.07, 6.45) is 1.64. The van der Waals surface area contributed by atoms with Gasteiger partial charge >= 0.3 is 0 Å². The number of hydrogen-bond acceptors (Lipinski definition) is 3. The molecule has 110 valence electrons. The van der Waals surface area contributed by atoms with E-state index in [0.717, 1.165) is 18.5 Å². The van der Waals surface area contributed by atoms with E-state index in [1.54, 1.807) is 0 Å². The summed E-state index contributed by atoms with van der Waals surface area (Å²) in [5, 5.41) is 13.1. The van der Waals surface area contributed by atoms with Crippen LogP contribution in [0.15, 0.2) is 30.3 Å². The van der Waals surface area contributed by atoms with Crippen LogP contribution >= 0.6 is 0 Å². The molecule has 1 aromatic rings. The summed E-state index contributed by atoms with van der Waals surface area (Å²) in [7, 11) is 0. The van der Waals surface area contributed by atoms with Crippen LogP contribution in [0.25, 0.3) is 0 Å². The Hall–Kier alpha value is -1.37. The first-order chi connectivity index (χ1) is 9.43. The fourth-order valence-electron chi connectivity index (χ4n) is 2.07. The molecule has 1 N–H and O–H groups in total. The minimum absolute atomic E-state index is 0.178. The summed E-state index contributed by atoms with van der Waals surface area (Å²) in [6, 6.07) is 12.4. The molecular weight excluding hydrogens is 248 g/mol. The zero-order valence-corrected chi connectivity index (χ0v) is 13.1. The highest BCUT2D eigenvalue weighted by molar-refractivity contribution is 5.31. The molecule has 0 radical (unpaired) electrons. The van der Waals surface area contributed by atoms with Gasteiger partial charge in [-0.25, -0.2) is 0 Å².